The van der Waals surface area contributed by atoms with E-state index in [9.17, 15) is 24.9 Å². The van der Waals surface area contributed by atoms with Gasteiger partial charge in [0, 0.05) is 32.6 Å². The Balaban J connectivity index is 1.62. The number of amides is 2. The van der Waals surface area contributed by atoms with E-state index in [2.05, 4.69) is 17.6 Å². The Bertz CT molecular complexity index is 1100. The number of benzene rings is 2. The molecular weight excluding hydrogens is 548 g/mol. The van der Waals surface area contributed by atoms with Crippen LogP contribution in [0.15, 0.2) is 48.5 Å². The van der Waals surface area contributed by atoms with Crippen LogP contribution in [0.1, 0.15) is 43.5 Å². The number of nitrogens with one attached hydrogen (secondary N) is 2. The summed E-state index contributed by atoms with van der Waals surface area (Å²) in [5.41, 5.74) is 2.27. The first-order valence-corrected chi connectivity index (χ1v) is 15.0. The molecule has 2 aromatic rings. The maximum absolute atomic E-state index is 12.7. The fourth-order valence-electron chi connectivity index (χ4n) is 4.84. The summed E-state index contributed by atoms with van der Waals surface area (Å²) in [6.45, 7) is 3.98. The molecular formula is C30H42N2O8S. The number of ether oxygens (including phenoxy) is 3. The fourth-order valence-corrected chi connectivity index (χ4v) is 5.45. The number of aliphatic hydroxyl groups is 2. The third-order valence-corrected chi connectivity index (χ3v) is 7.81. The molecule has 1 aliphatic heterocycles. The van der Waals surface area contributed by atoms with Crippen molar-refractivity contribution in [3.8, 4) is 16.9 Å². The van der Waals surface area contributed by atoms with E-state index < -0.39 is 30.1 Å². The molecule has 0 spiro atoms. The Labute approximate surface area is 245 Å². The molecule has 0 unspecified atom stereocenters. The van der Waals surface area contributed by atoms with Crippen LogP contribution in [0.2, 0.25) is 0 Å². The number of hydrogen-bond donors (Lipinski definition) is 5. The summed E-state index contributed by atoms with van der Waals surface area (Å²) in [4.78, 5) is 24.6. The summed E-state index contributed by atoms with van der Waals surface area (Å²) >= 11 is 1.80. The average molecular weight is 591 g/mol. The molecule has 2 aromatic carbocycles. The van der Waals surface area contributed by atoms with Gasteiger partial charge in [-0.05, 0) is 59.7 Å². The van der Waals surface area contributed by atoms with Crippen molar-refractivity contribution >= 4 is 23.6 Å². The van der Waals surface area contributed by atoms with Gasteiger partial charge in [-0.1, -0.05) is 31.2 Å². The smallest absolute Gasteiger partial charge is 0.251 e. The molecule has 5 atom stereocenters. The normalized spacial score (nSPS) is 23.1. The average Bonchev–Trinajstić information content (AvgIpc) is 2.94. The van der Waals surface area contributed by atoms with Gasteiger partial charge in [-0.15, -0.1) is 0 Å². The summed E-state index contributed by atoms with van der Waals surface area (Å²) < 4.78 is 17.7. The van der Waals surface area contributed by atoms with Crippen LogP contribution in [0.5, 0.6) is 5.75 Å². The maximum Gasteiger partial charge on any atom is 0.251 e. The van der Waals surface area contributed by atoms with Crippen LogP contribution >= 0.6 is 11.8 Å². The number of thioether (sulfide) groups is 1. The predicted molar refractivity (Wildman–Crippen MR) is 158 cm³/mol. The number of phenolic OH excluding ortho intramolecular Hbond substituents is 1. The zero-order chi connectivity index (χ0) is 29.8. The van der Waals surface area contributed by atoms with E-state index in [1.807, 2.05) is 12.1 Å². The number of methoxy groups -OCH3 is 1. The number of aromatic hydroxyl groups is 1. The lowest BCUT2D eigenvalue weighted by Crippen LogP contribution is -2.65. The molecule has 10 nitrogen and oxygen atoms in total. The van der Waals surface area contributed by atoms with Gasteiger partial charge in [-0.2, -0.15) is 11.8 Å². The van der Waals surface area contributed by atoms with Crippen LogP contribution in [0.3, 0.4) is 0 Å². The largest absolute Gasteiger partial charge is 0.508 e. The molecule has 0 saturated carbocycles. The summed E-state index contributed by atoms with van der Waals surface area (Å²) in [5.74, 6) is 0.153. The minimum atomic E-state index is -1.28. The Morgan fingerprint density at radius 1 is 1.15 bits per heavy atom. The Hall–Kier alpha value is -2.67. The summed E-state index contributed by atoms with van der Waals surface area (Å²) in [5, 5.41) is 37.1. The third-order valence-electron chi connectivity index (χ3n) is 6.83. The van der Waals surface area contributed by atoms with Crippen molar-refractivity contribution in [3.63, 3.8) is 0 Å². The van der Waals surface area contributed by atoms with E-state index in [0.717, 1.165) is 29.1 Å². The van der Waals surface area contributed by atoms with Crippen LogP contribution < -0.4 is 10.6 Å². The van der Waals surface area contributed by atoms with E-state index in [1.54, 1.807) is 48.2 Å². The SMILES string of the molecule is CCSCCCO[C@]1(COC)C[C@H](O)[C@@H](NC(C)=O)[C@H]([C@H](O)CCNC(=O)c2ccc(-c3ccc(O)cc3)cc2)O1. The lowest BCUT2D eigenvalue weighted by atomic mass is 9.89. The Morgan fingerprint density at radius 2 is 1.80 bits per heavy atom. The van der Waals surface area contributed by atoms with Crippen LogP contribution in [0.4, 0.5) is 0 Å². The van der Waals surface area contributed by atoms with Gasteiger partial charge in [-0.3, -0.25) is 9.59 Å². The highest BCUT2D eigenvalue weighted by Crippen LogP contribution is 2.33. The third kappa shape index (κ3) is 9.69. The Morgan fingerprint density at radius 3 is 2.41 bits per heavy atom. The molecule has 1 fully saturated rings. The number of rotatable bonds is 15. The molecule has 0 aromatic heterocycles. The van der Waals surface area contributed by atoms with Crippen molar-refractivity contribution in [2.24, 2.45) is 0 Å². The zero-order valence-corrected chi connectivity index (χ0v) is 24.7. The van der Waals surface area contributed by atoms with Crippen molar-refractivity contribution in [1.82, 2.24) is 10.6 Å². The van der Waals surface area contributed by atoms with E-state index in [0.29, 0.717) is 12.2 Å². The van der Waals surface area contributed by atoms with Crippen LogP contribution in [0, 0.1) is 0 Å². The molecule has 0 radical (unpaired) electrons. The topological polar surface area (TPSA) is 147 Å². The second-order valence-electron chi connectivity index (χ2n) is 10.1. The number of hydrogen-bond acceptors (Lipinski definition) is 9. The monoisotopic (exact) mass is 590 g/mol. The summed E-state index contributed by atoms with van der Waals surface area (Å²) in [6.07, 6.45) is -2.21. The standard InChI is InChI=1S/C30H42N2O8S/c1-4-41-17-5-16-39-30(19-38-3)18-26(36)27(32-20(2)33)28(40-30)25(35)14-15-31-29(37)23-8-6-21(7-9-23)22-10-12-24(34)13-11-22/h6-13,25-28,34-36H,4-5,14-19H2,1-3H3,(H,31,37)(H,32,33)/t25-,26+,27-,28+,30-/m1/s1. The fraction of sp³-hybridized carbons (Fsp3) is 0.533. The van der Waals surface area contributed by atoms with Crippen molar-refractivity contribution < 1.29 is 39.1 Å². The van der Waals surface area contributed by atoms with Crippen molar-refractivity contribution in [2.75, 3.05) is 38.4 Å². The molecule has 11 heteroatoms. The van der Waals surface area contributed by atoms with Crippen molar-refractivity contribution in [3.05, 3.63) is 54.1 Å². The molecule has 3 rings (SSSR count). The van der Waals surface area contributed by atoms with Crippen LogP contribution in [0.25, 0.3) is 11.1 Å². The minimum absolute atomic E-state index is 0.0396. The lowest BCUT2D eigenvalue weighted by molar-refractivity contribution is -0.327. The van der Waals surface area contributed by atoms with Gasteiger partial charge in [0.1, 0.15) is 18.5 Å². The molecule has 5 N–H and O–H groups in total. The zero-order valence-electron chi connectivity index (χ0n) is 23.9. The van der Waals surface area contributed by atoms with Gasteiger partial charge in [0.15, 0.2) is 5.79 Å². The van der Waals surface area contributed by atoms with Gasteiger partial charge in [0.25, 0.3) is 5.91 Å². The summed E-state index contributed by atoms with van der Waals surface area (Å²) in [7, 11) is 1.51. The first kappa shape index (κ1) is 32.8. The molecule has 0 bridgehead atoms. The second kappa shape index (κ2) is 16.1. The van der Waals surface area contributed by atoms with E-state index in [4.69, 9.17) is 14.2 Å². The highest BCUT2D eigenvalue weighted by atomic mass is 32.2. The molecule has 0 aliphatic carbocycles. The summed E-state index contributed by atoms with van der Waals surface area (Å²) in [6, 6.07) is 13.0. The van der Waals surface area contributed by atoms with Crippen molar-refractivity contribution in [1.29, 1.82) is 0 Å². The number of carbonyl (C=O) groups excluding carboxylic acids is 2. The van der Waals surface area contributed by atoms with E-state index in [1.165, 1.54) is 14.0 Å². The molecule has 226 valence electrons. The van der Waals surface area contributed by atoms with Crippen LogP contribution in [-0.4, -0.2) is 95.6 Å². The van der Waals surface area contributed by atoms with Crippen LogP contribution in [-0.2, 0) is 19.0 Å². The van der Waals surface area contributed by atoms with Gasteiger partial charge in [-0.25, -0.2) is 0 Å². The first-order valence-electron chi connectivity index (χ1n) is 13.9. The van der Waals surface area contributed by atoms with Gasteiger partial charge < -0.3 is 40.2 Å². The molecule has 1 aliphatic rings. The minimum Gasteiger partial charge on any atom is -0.508 e. The molecule has 2 amide bonds. The molecule has 41 heavy (non-hydrogen) atoms. The highest BCUT2D eigenvalue weighted by Gasteiger charge is 2.50. The number of phenols is 1. The number of aliphatic hydroxyl groups excluding tert-OH is 2. The van der Waals surface area contributed by atoms with Gasteiger partial charge in [0.2, 0.25) is 5.91 Å². The van der Waals surface area contributed by atoms with E-state index in [-0.39, 0.29) is 43.6 Å². The quantitative estimate of drug-likeness (QED) is 0.198. The highest BCUT2D eigenvalue weighted by molar-refractivity contribution is 7.99. The first-order chi connectivity index (χ1) is 19.7. The second-order valence-corrected chi connectivity index (χ2v) is 11.5. The molecule has 1 saturated heterocycles. The Kier molecular flexibility index (Phi) is 12.9. The maximum atomic E-state index is 12.7. The van der Waals surface area contributed by atoms with Gasteiger partial charge in [0.05, 0.1) is 24.9 Å². The predicted octanol–water partition coefficient (Wildman–Crippen LogP) is 2.70. The van der Waals surface area contributed by atoms with E-state index >= 15 is 0 Å². The van der Waals surface area contributed by atoms with Gasteiger partial charge >= 0.3 is 0 Å². The lowest BCUT2D eigenvalue weighted by Gasteiger charge is -2.48. The molecule has 1 heterocycles. The number of carbonyl (C=O) groups is 2. The van der Waals surface area contributed by atoms with Crippen molar-refractivity contribution in [2.45, 2.75) is 63.3 Å².